The van der Waals surface area contributed by atoms with Crippen molar-refractivity contribution in [2.75, 3.05) is 13.2 Å². The zero-order chi connectivity index (χ0) is 12.0. The van der Waals surface area contributed by atoms with Gasteiger partial charge in [0.05, 0.1) is 6.61 Å². The molecular formula is C11H19N3O2. The number of aliphatic hydroxyl groups excluding tert-OH is 1. The number of aromatic nitrogens is 2. The van der Waals surface area contributed by atoms with E-state index in [2.05, 4.69) is 10.3 Å². The Morgan fingerprint density at radius 1 is 1.56 bits per heavy atom. The molecule has 0 aliphatic carbocycles. The molecule has 0 radical (unpaired) electrons. The Bertz CT molecular complexity index is 309. The minimum Gasteiger partial charge on any atom is -0.395 e. The lowest BCUT2D eigenvalue weighted by Gasteiger charge is -2.19. The summed E-state index contributed by atoms with van der Waals surface area (Å²) in [5.41, 5.74) is 0. The molecule has 0 amide bonds. The van der Waals surface area contributed by atoms with Gasteiger partial charge in [0.2, 0.25) is 5.91 Å². The molecule has 90 valence electrons. The molecule has 0 aromatic carbocycles. The van der Waals surface area contributed by atoms with Crippen LogP contribution in [-0.4, -0.2) is 39.8 Å². The molecule has 0 saturated heterocycles. The topological polar surface area (TPSA) is 67.2 Å². The second kappa shape index (κ2) is 6.40. The van der Waals surface area contributed by atoms with Crippen molar-refractivity contribution in [1.82, 2.24) is 14.9 Å². The van der Waals surface area contributed by atoms with Crippen LogP contribution in [-0.2, 0) is 0 Å². The van der Waals surface area contributed by atoms with E-state index in [0.29, 0.717) is 18.9 Å². The summed E-state index contributed by atoms with van der Waals surface area (Å²) in [6.45, 7) is 4.73. The summed E-state index contributed by atoms with van der Waals surface area (Å²) < 4.78 is 1.46. The fourth-order valence-corrected chi connectivity index (χ4v) is 1.41. The standard InChI is InChI=1S/C11H19N3O2/c1-9(2)10(7-15)13-4-3-11(16)14-6-5-12-8-14/h5-6,8-10,13,15H,3-4,7H2,1-2H3. The predicted octanol–water partition coefficient (Wildman–Crippen LogP) is 0.520. The van der Waals surface area contributed by atoms with Gasteiger partial charge in [-0.15, -0.1) is 0 Å². The number of hydrogen-bond acceptors (Lipinski definition) is 4. The van der Waals surface area contributed by atoms with E-state index in [4.69, 9.17) is 5.11 Å². The zero-order valence-corrected chi connectivity index (χ0v) is 9.76. The first-order valence-electron chi connectivity index (χ1n) is 5.50. The molecular weight excluding hydrogens is 206 g/mol. The third-order valence-corrected chi connectivity index (χ3v) is 2.54. The third-order valence-electron chi connectivity index (χ3n) is 2.54. The Kier molecular flexibility index (Phi) is 5.14. The summed E-state index contributed by atoms with van der Waals surface area (Å²) in [5, 5.41) is 12.2. The highest BCUT2D eigenvalue weighted by atomic mass is 16.3. The highest BCUT2D eigenvalue weighted by molar-refractivity contribution is 5.78. The van der Waals surface area contributed by atoms with Crippen LogP contribution >= 0.6 is 0 Å². The summed E-state index contributed by atoms with van der Waals surface area (Å²) >= 11 is 0. The van der Waals surface area contributed by atoms with E-state index in [-0.39, 0.29) is 18.6 Å². The van der Waals surface area contributed by atoms with Crippen LogP contribution in [0.2, 0.25) is 0 Å². The van der Waals surface area contributed by atoms with E-state index in [0.717, 1.165) is 0 Å². The monoisotopic (exact) mass is 225 g/mol. The molecule has 5 nitrogen and oxygen atoms in total. The van der Waals surface area contributed by atoms with E-state index in [1.54, 1.807) is 12.4 Å². The minimum absolute atomic E-state index is 0.00504. The Morgan fingerprint density at radius 2 is 2.31 bits per heavy atom. The van der Waals surface area contributed by atoms with Crippen molar-refractivity contribution in [1.29, 1.82) is 0 Å². The highest BCUT2D eigenvalue weighted by Crippen LogP contribution is 2.00. The normalized spacial score (nSPS) is 13.0. The number of carbonyl (C=O) groups is 1. The van der Waals surface area contributed by atoms with Crippen LogP contribution < -0.4 is 5.32 Å². The summed E-state index contributed by atoms with van der Waals surface area (Å²) in [7, 11) is 0. The van der Waals surface area contributed by atoms with Gasteiger partial charge >= 0.3 is 0 Å². The van der Waals surface area contributed by atoms with Gasteiger partial charge in [0.1, 0.15) is 6.33 Å². The van der Waals surface area contributed by atoms with E-state index in [1.807, 2.05) is 13.8 Å². The SMILES string of the molecule is CC(C)C(CO)NCCC(=O)n1ccnc1. The highest BCUT2D eigenvalue weighted by Gasteiger charge is 2.11. The van der Waals surface area contributed by atoms with Crippen molar-refractivity contribution in [3.63, 3.8) is 0 Å². The lowest BCUT2D eigenvalue weighted by Crippen LogP contribution is -2.38. The Hall–Kier alpha value is -1.20. The first-order chi connectivity index (χ1) is 7.65. The molecule has 5 heteroatoms. The number of nitrogens with zero attached hydrogens (tertiary/aromatic N) is 2. The van der Waals surface area contributed by atoms with Gasteiger partial charge in [0.25, 0.3) is 0 Å². The summed E-state index contributed by atoms with van der Waals surface area (Å²) in [4.78, 5) is 15.4. The third kappa shape index (κ3) is 3.75. The second-order valence-corrected chi connectivity index (χ2v) is 4.10. The van der Waals surface area contributed by atoms with Gasteiger partial charge in [0.15, 0.2) is 0 Å². The van der Waals surface area contributed by atoms with Crippen molar-refractivity contribution in [2.45, 2.75) is 26.3 Å². The van der Waals surface area contributed by atoms with E-state index < -0.39 is 0 Å². The van der Waals surface area contributed by atoms with Crippen molar-refractivity contribution < 1.29 is 9.90 Å². The number of hydrogen-bond donors (Lipinski definition) is 2. The first-order valence-corrected chi connectivity index (χ1v) is 5.50. The molecule has 1 aromatic heterocycles. The molecule has 16 heavy (non-hydrogen) atoms. The smallest absolute Gasteiger partial charge is 0.233 e. The molecule has 0 saturated carbocycles. The predicted molar refractivity (Wildman–Crippen MR) is 61.2 cm³/mol. The van der Waals surface area contributed by atoms with Gasteiger partial charge in [-0.25, -0.2) is 4.98 Å². The Morgan fingerprint density at radius 3 is 2.81 bits per heavy atom. The van der Waals surface area contributed by atoms with Crippen LogP contribution in [0.3, 0.4) is 0 Å². The van der Waals surface area contributed by atoms with Gasteiger partial charge in [-0.05, 0) is 5.92 Å². The van der Waals surface area contributed by atoms with E-state index in [9.17, 15) is 4.79 Å². The average molecular weight is 225 g/mol. The molecule has 0 fully saturated rings. The summed E-state index contributed by atoms with van der Waals surface area (Å²) in [6, 6.07) is 0.0515. The molecule has 0 spiro atoms. The lowest BCUT2D eigenvalue weighted by atomic mass is 10.1. The number of aliphatic hydroxyl groups is 1. The molecule has 1 atom stereocenters. The van der Waals surface area contributed by atoms with Crippen molar-refractivity contribution in [2.24, 2.45) is 5.92 Å². The maximum atomic E-state index is 11.6. The maximum Gasteiger partial charge on any atom is 0.233 e. The molecule has 1 rings (SSSR count). The fraction of sp³-hybridized carbons (Fsp3) is 0.636. The number of nitrogens with one attached hydrogen (secondary N) is 1. The molecule has 0 bridgehead atoms. The first kappa shape index (κ1) is 12.9. The molecule has 2 N–H and O–H groups in total. The summed E-state index contributed by atoms with van der Waals surface area (Å²) in [6.07, 6.45) is 5.11. The fourth-order valence-electron chi connectivity index (χ4n) is 1.41. The van der Waals surface area contributed by atoms with Crippen LogP contribution in [0.1, 0.15) is 25.1 Å². The Labute approximate surface area is 95.5 Å². The van der Waals surface area contributed by atoms with Crippen LogP contribution in [0.15, 0.2) is 18.7 Å². The number of carbonyl (C=O) groups excluding carboxylic acids is 1. The second-order valence-electron chi connectivity index (χ2n) is 4.10. The van der Waals surface area contributed by atoms with Crippen LogP contribution in [0.25, 0.3) is 0 Å². The largest absolute Gasteiger partial charge is 0.395 e. The van der Waals surface area contributed by atoms with Gasteiger partial charge < -0.3 is 10.4 Å². The van der Waals surface area contributed by atoms with E-state index in [1.165, 1.54) is 10.9 Å². The lowest BCUT2D eigenvalue weighted by molar-refractivity contribution is 0.0898. The van der Waals surface area contributed by atoms with Crippen molar-refractivity contribution in [3.05, 3.63) is 18.7 Å². The molecule has 1 aromatic rings. The van der Waals surface area contributed by atoms with Gasteiger partial charge in [0, 0.05) is 31.4 Å². The molecule has 1 heterocycles. The zero-order valence-electron chi connectivity index (χ0n) is 9.76. The molecule has 1 unspecified atom stereocenters. The average Bonchev–Trinajstić information content (AvgIpc) is 2.76. The van der Waals surface area contributed by atoms with Crippen LogP contribution in [0.4, 0.5) is 0 Å². The van der Waals surface area contributed by atoms with Gasteiger partial charge in [-0.1, -0.05) is 13.8 Å². The van der Waals surface area contributed by atoms with Gasteiger partial charge in [-0.3, -0.25) is 9.36 Å². The van der Waals surface area contributed by atoms with Crippen LogP contribution in [0.5, 0.6) is 0 Å². The number of rotatable bonds is 6. The molecule has 0 aliphatic heterocycles. The quantitative estimate of drug-likeness (QED) is 0.740. The molecule has 0 aliphatic rings. The van der Waals surface area contributed by atoms with Crippen molar-refractivity contribution in [3.8, 4) is 0 Å². The van der Waals surface area contributed by atoms with E-state index >= 15 is 0 Å². The number of imidazole rings is 1. The summed E-state index contributed by atoms with van der Waals surface area (Å²) in [5.74, 6) is 0.360. The Balaban J connectivity index is 2.27. The van der Waals surface area contributed by atoms with Crippen LogP contribution in [0, 0.1) is 5.92 Å². The minimum atomic E-state index is 0.00504. The maximum absolute atomic E-state index is 11.6. The van der Waals surface area contributed by atoms with Crippen molar-refractivity contribution >= 4 is 5.91 Å². The van der Waals surface area contributed by atoms with Gasteiger partial charge in [-0.2, -0.15) is 0 Å².